The van der Waals surface area contributed by atoms with Crippen molar-refractivity contribution in [1.29, 1.82) is 0 Å². The van der Waals surface area contributed by atoms with Crippen LogP contribution < -0.4 is 0 Å². The first-order valence-electron chi connectivity index (χ1n) is 6.60. The summed E-state index contributed by atoms with van der Waals surface area (Å²) in [6.45, 7) is 0. The Hall–Kier alpha value is -2.37. The van der Waals surface area contributed by atoms with Gasteiger partial charge in [-0.2, -0.15) is 5.10 Å². The summed E-state index contributed by atoms with van der Waals surface area (Å²) in [6, 6.07) is 14.6. The molecule has 0 aliphatic rings. The van der Waals surface area contributed by atoms with Gasteiger partial charge in [0.2, 0.25) is 4.96 Å². The van der Waals surface area contributed by atoms with E-state index in [1.54, 1.807) is 16.6 Å². The SMILES string of the molecule is Oc1ccc(-c2nn3cc(-c4ccc(Cl)cc4)nc3s2)cc1. The fourth-order valence-electron chi connectivity index (χ4n) is 2.18. The highest BCUT2D eigenvalue weighted by atomic mass is 35.5. The van der Waals surface area contributed by atoms with Crippen molar-refractivity contribution in [3.63, 3.8) is 0 Å². The molecule has 0 aliphatic carbocycles. The first kappa shape index (κ1) is 13.3. The van der Waals surface area contributed by atoms with Gasteiger partial charge in [0.1, 0.15) is 10.8 Å². The van der Waals surface area contributed by atoms with Crippen molar-refractivity contribution in [3.05, 3.63) is 59.8 Å². The number of nitrogens with zero attached hydrogens (tertiary/aromatic N) is 3. The van der Waals surface area contributed by atoms with Gasteiger partial charge in [-0.15, -0.1) is 0 Å². The van der Waals surface area contributed by atoms with Gasteiger partial charge in [-0.3, -0.25) is 0 Å². The molecule has 2 heterocycles. The number of phenols is 1. The zero-order chi connectivity index (χ0) is 15.1. The summed E-state index contributed by atoms with van der Waals surface area (Å²) in [7, 11) is 0. The molecular weight excluding hydrogens is 318 g/mol. The van der Waals surface area contributed by atoms with Gasteiger partial charge in [0, 0.05) is 16.1 Å². The van der Waals surface area contributed by atoms with Gasteiger partial charge < -0.3 is 5.11 Å². The van der Waals surface area contributed by atoms with Crippen LogP contribution in [0.1, 0.15) is 0 Å². The summed E-state index contributed by atoms with van der Waals surface area (Å²) in [5.41, 5.74) is 2.84. The number of rotatable bonds is 2. The lowest BCUT2D eigenvalue weighted by atomic mass is 10.2. The van der Waals surface area contributed by atoms with Crippen LogP contribution in [-0.4, -0.2) is 19.7 Å². The number of hydrogen-bond acceptors (Lipinski definition) is 4. The molecule has 4 nitrogen and oxygen atoms in total. The Morgan fingerprint density at radius 2 is 1.64 bits per heavy atom. The summed E-state index contributed by atoms with van der Waals surface area (Å²) >= 11 is 7.41. The molecule has 108 valence electrons. The van der Waals surface area contributed by atoms with E-state index in [0.29, 0.717) is 5.02 Å². The van der Waals surface area contributed by atoms with Crippen LogP contribution in [0, 0.1) is 0 Å². The van der Waals surface area contributed by atoms with E-state index >= 15 is 0 Å². The van der Waals surface area contributed by atoms with Crippen molar-refractivity contribution in [1.82, 2.24) is 14.6 Å². The average molecular weight is 328 g/mol. The lowest BCUT2D eigenvalue weighted by molar-refractivity contribution is 0.475. The monoisotopic (exact) mass is 327 g/mol. The molecule has 0 fully saturated rings. The fraction of sp³-hybridized carbons (Fsp3) is 0. The number of aromatic nitrogens is 3. The van der Waals surface area contributed by atoms with Gasteiger partial charge in [0.25, 0.3) is 0 Å². The third-order valence-corrected chi connectivity index (χ3v) is 4.52. The highest BCUT2D eigenvalue weighted by Gasteiger charge is 2.11. The number of benzene rings is 2. The first-order valence-corrected chi connectivity index (χ1v) is 7.80. The van der Waals surface area contributed by atoms with Crippen molar-refractivity contribution in [2.24, 2.45) is 0 Å². The maximum atomic E-state index is 9.34. The van der Waals surface area contributed by atoms with Crippen molar-refractivity contribution >= 4 is 27.9 Å². The summed E-state index contributed by atoms with van der Waals surface area (Å²) < 4.78 is 1.77. The van der Waals surface area contributed by atoms with Gasteiger partial charge in [0.15, 0.2) is 0 Å². The van der Waals surface area contributed by atoms with Gasteiger partial charge in [-0.05, 0) is 36.4 Å². The first-order chi connectivity index (χ1) is 10.7. The number of imidazole rings is 1. The molecule has 22 heavy (non-hydrogen) atoms. The second-order valence-corrected chi connectivity index (χ2v) is 6.21. The van der Waals surface area contributed by atoms with Gasteiger partial charge in [-0.1, -0.05) is 35.1 Å². The van der Waals surface area contributed by atoms with Crippen molar-refractivity contribution in [3.8, 4) is 27.6 Å². The zero-order valence-electron chi connectivity index (χ0n) is 11.3. The van der Waals surface area contributed by atoms with E-state index in [9.17, 15) is 5.11 Å². The smallest absolute Gasteiger partial charge is 0.213 e. The van der Waals surface area contributed by atoms with Crippen LogP contribution in [0.15, 0.2) is 54.7 Å². The molecule has 4 rings (SSSR count). The minimum Gasteiger partial charge on any atom is -0.508 e. The number of hydrogen-bond donors (Lipinski definition) is 1. The fourth-order valence-corrected chi connectivity index (χ4v) is 3.19. The Morgan fingerprint density at radius 1 is 0.955 bits per heavy atom. The quantitative estimate of drug-likeness (QED) is 0.590. The Balaban J connectivity index is 1.73. The van der Waals surface area contributed by atoms with E-state index in [0.717, 1.165) is 26.8 Å². The number of aromatic hydroxyl groups is 1. The lowest BCUT2D eigenvalue weighted by Gasteiger charge is -1.96. The molecule has 2 aromatic heterocycles. The summed E-state index contributed by atoms with van der Waals surface area (Å²) in [4.78, 5) is 5.43. The summed E-state index contributed by atoms with van der Waals surface area (Å²) in [5, 5.41) is 15.5. The maximum absolute atomic E-state index is 9.34. The largest absolute Gasteiger partial charge is 0.508 e. The van der Waals surface area contributed by atoms with E-state index in [1.165, 1.54) is 11.3 Å². The van der Waals surface area contributed by atoms with Crippen LogP contribution in [0.5, 0.6) is 5.75 Å². The molecule has 1 N–H and O–H groups in total. The molecular formula is C16H10ClN3OS. The van der Waals surface area contributed by atoms with Crippen LogP contribution in [0.3, 0.4) is 0 Å². The Morgan fingerprint density at radius 3 is 2.32 bits per heavy atom. The molecule has 0 saturated carbocycles. The molecule has 0 atom stereocenters. The average Bonchev–Trinajstić information content (AvgIpc) is 3.07. The Bertz CT molecular complexity index is 835. The van der Waals surface area contributed by atoms with Crippen LogP contribution in [0.4, 0.5) is 0 Å². The minimum absolute atomic E-state index is 0.245. The molecule has 4 aromatic rings. The summed E-state index contributed by atoms with van der Waals surface area (Å²) in [6.07, 6.45) is 1.90. The van der Waals surface area contributed by atoms with Crippen molar-refractivity contribution in [2.75, 3.05) is 0 Å². The number of halogens is 1. The van der Waals surface area contributed by atoms with Crippen molar-refractivity contribution in [2.45, 2.75) is 0 Å². The lowest BCUT2D eigenvalue weighted by Crippen LogP contribution is -1.82. The highest BCUT2D eigenvalue weighted by Crippen LogP contribution is 2.29. The molecule has 0 unspecified atom stereocenters. The maximum Gasteiger partial charge on any atom is 0.213 e. The minimum atomic E-state index is 0.245. The van der Waals surface area contributed by atoms with E-state index in [4.69, 9.17) is 11.6 Å². The highest BCUT2D eigenvalue weighted by molar-refractivity contribution is 7.19. The predicted octanol–water partition coefficient (Wildman–Crippen LogP) is 4.48. The number of fused-ring (bicyclic) bond motifs is 1. The van der Waals surface area contributed by atoms with E-state index in [2.05, 4.69) is 10.1 Å². The van der Waals surface area contributed by atoms with Gasteiger partial charge in [-0.25, -0.2) is 9.50 Å². The third-order valence-electron chi connectivity index (χ3n) is 3.30. The second kappa shape index (κ2) is 5.12. The zero-order valence-corrected chi connectivity index (χ0v) is 12.8. The van der Waals surface area contributed by atoms with Gasteiger partial charge >= 0.3 is 0 Å². The Kier molecular flexibility index (Phi) is 3.10. The van der Waals surface area contributed by atoms with Crippen LogP contribution in [-0.2, 0) is 0 Å². The molecule has 2 aromatic carbocycles. The van der Waals surface area contributed by atoms with Crippen LogP contribution >= 0.6 is 22.9 Å². The molecule has 0 amide bonds. The van der Waals surface area contributed by atoms with E-state index in [-0.39, 0.29) is 5.75 Å². The molecule has 0 aliphatic heterocycles. The standard InChI is InChI=1S/C16H10ClN3OS/c17-12-5-1-10(2-6-12)14-9-20-16(18-14)22-15(19-20)11-3-7-13(21)8-4-11/h1-9,21H. The molecule has 0 bridgehead atoms. The molecule has 0 spiro atoms. The van der Waals surface area contributed by atoms with E-state index in [1.807, 2.05) is 42.6 Å². The molecule has 0 radical (unpaired) electrons. The second-order valence-electron chi connectivity index (χ2n) is 4.81. The van der Waals surface area contributed by atoms with Crippen LogP contribution in [0.2, 0.25) is 5.02 Å². The number of phenolic OH excluding ortho intramolecular Hbond substituents is 1. The Labute approximate surface area is 135 Å². The van der Waals surface area contributed by atoms with Gasteiger partial charge in [0.05, 0.1) is 11.9 Å². The third kappa shape index (κ3) is 2.34. The van der Waals surface area contributed by atoms with Crippen molar-refractivity contribution < 1.29 is 5.11 Å². The summed E-state index contributed by atoms with van der Waals surface area (Å²) in [5.74, 6) is 0.245. The molecule has 0 saturated heterocycles. The van der Waals surface area contributed by atoms with E-state index < -0.39 is 0 Å². The predicted molar refractivity (Wildman–Crippen MR) is 88.4 cm³/mol. The normalized spacial score (nSPS) is 11.1. The molecule has 6 heteroatoms. The van der Waals surface area contributed by atoms with Crippen LogP contribution in [0.25, 0.3) is 26.8 Å². The topological polar surface area (TPSA) is 50.4 Å².